The number of nitrogens with one attached hydrogen (secondary N) is 1. The largest absolute Gasteiger partial charge is 0.411 e. The second-order valence-corrected chi connectivity index (χ2v) is 2.10. The summed E-state index contributed by atoms with van der Waals surface area (Å²) in [5, 5.41) is 19.9. The number of imidazole rings is 1. The maximum atomic E-state index is 8.63. The van der Waals surface area contributed by atoms with Crippen LogP contribution in [0.25, 0.3) is 0 Å². The molecule has 0 amide bonds. The van der Waals surface area contributed by atoms with Gasteiger partial charge in [0.15, 0.2) is 5.82 Å². The van der Waals surface area contributed by atoms with Crippen molar-refractivity contribution in [3.05, 3.63) is 17.7 Å². The van der Waals surface area contributed by atoms with Gasteiger partial charge in [-0.2, -0.15) is 0 Å². The van der Waals surface area contributed by atoms with Crippen molar-refractivity contribution in [2.75, 3.05) is 0 Å². The quantitative estimate of drug-likeness (QED) is 0.322. The molecule has 1 rings (SSSR count). The van der Waals surface area contributed by atoms with Gasteiger partial charge in [0.2, 0.25) is 0 Å². The Balaban J connectivity index is 2.89. The zero-order chi connectivity index (χ0) is 8.27. The minimum atomic E-state index is -0.0916. The molecule has 0 aliphatic heterocycles. The zero-order valence-corrected chi connectivity index (χ0v) is 6.07. The summed E-state index contributed by atoms with van der Waals surface area (Å²) in [6.07, 6.45) is 1.49. The first kappa shape index (κ1) is 7.74. The number of nitrogens with zero attached hydrogens (tertiary/aromatic N) is 2. The molecule has 11 heavy (non-hydrogen) atoms. The van der Waals surface area contributed by atoms with E-state index < -0.39 is 0 Å². The Kier molecular flexibility index (Phi) is 2.22. The third-order valence-electron chi connectivity index (χ3n) is 1.29. The van der Waals surface area contributed by atoms with Gasteiger partial charge in [0, 0.05) is 0 Å². The second kappa shape index (κ2) is 3.16. The van der Waals surface area contributed by atoms with E-state index in [1.165, 1.54) is 6.20 Å². The summed E-state index contributed by atoms with van der Waals surface area (Å²) < 4.78 is 0. The van der Waals surface area contributed by atoms with Crippen molar-refractivity contribution in [3.63, 3.8) is 0 Å². The van der Waals surface area contributed by atoms with Gasteiger partial charge in [-0.1, -0.05) is 5.16 Å². The van der Waals surface area contributed by atoms with Crippen LogP contribution in [0.15, 0.2) is 11.4 Å². The standard InChI is InChI=1S/C6H9N3O2/c1-4(9-11)6-7-2-5(3-10)8-6/h2,10-11H,3H2,1H3,(H,7,8)/b9-4+. The summed E-state index contributed by atoms with van der Waals surface area (Å²) >= 11 is 0. The molecule has 0 bridgehead atoms. The third kappa shape index (κ3) is 1.56. The number of H-pyrrole nitrogens is 1. The summed E-state index contributed by atoms with van der Waals surface area (Å²) in [7, 11) is 0. The molecule has 60 valence electrons. The van der Waals surface area contributed by atoms with Crippen LogP contribution in [0, 0.1) is 0 Å². The number of aliphatic hydroxyl groups is 1. The van der Waals surface area contributed by atoms with Crippen molar-refractivity contribution in [1.82, 2.24) is 9.97 Å². The fourth-order valence-electron chi connectivity index (χ4n) is 0.671. The molecule has 1 heterocycles. The van der Waals surface area contributed by atoms with Crippen LogP contribution in [-0.4, -0.2) is 26.0 Å². The third-order valence-corrected chi connectivity index (χ3v) is 1.29. The molecule has 0 aromatic carbocycles. The van der Waals surface area contributed by atoms with Crippen molar-refractivity contribution in [3.8, 4) is 0 Å². The molecule has 1 aromatic rings. The van der Waals surface area contributed by atoms with Crippen LogP contribution >= 0.6 is 0 Å². The van der Waals surface area contributed by atoms with Crippen LogP contribution < -0.4 is 0 Å². The number of rotatable bonds is 2. The molecule has 0 saturated carbocycles. The Hall–Kier alpha value is -1.36. The van der Waals surface area contributed by atoms with Crippen molar-refractivity contribution < 1.29 is 10.3 Å². The second-order valence-electron chi connectivity index (χ2n) is 2.10. The van der Waals surface area contributed by atoms with Gasteiger partial charge < -0.3 is 15.3 Å². The summed E-state index contributed by atoms with van der Waals surface area (Å²) in [6, 6.07) is 0. The lowest BCUT2D eigenvalue weighted by molar-refractivity contribution is 0.277. The minimum Gasteiger partial charge on any atom is -0.411 e. The van der Waals surface area contributed by atoms with E-state index in [0.29, 0.717) is 17.2 Å². The maximum absolute atomic E-state index is 8.63. The number of oxime groups is 1. The van der Waals surface area contributed by atoms with Crippen LogP contribution in [0.3, 0.4) is 0 Å². The number of aromatic amines is 1. The lowest BCUT2D eigenvalue weighted by atomic mass is 10.4. The SMILES string of the molecule is C/C(=N\O)c1ncc(CO)[nH]1. The molecule has 0 atom stereocenters. The molecule has 5 nitrogen and oxygen atoms in total. The molecule has 0 spiro atoms. The Labute approximate surface area is 63.4 Å². The monoisotopic (exact) mass is 155 g/mol. The normalized spacial score (nSPS) is 12.0. The first-order chi connectivity index (χ1) is 5.27. The fourth-order valence-corrected chi connectivity index (χ4v) is 0.671. The molecule has 0 unspecified atom stereocenters. The molecule has 0 saturated heterocycles. The van der Waals surface area contributed by atoms with E-state index >= 15 is 0 Å². The predicted octanol–water partition coefficient (Wildman–Crippen LogP) is 0.100. The molecule has 1 aromatic heterocycles. The molecule has 3 N–H and O–H groups in total. The van der Waals surface area contributed by atoms with E-state index in [1.807, 2.05) is 0 Å². The van der Waals surface area contributed by atoms with Crippen LogP contribution in [0.1, 0.15) is 18.4 Å². The van der Waals surface area contributed by atoms with E-state index in [9.17, 15) is 0 Å². The molecule has 0 radical (unpaired) electrons. The van der Waals surface area contributed by atoms with E-state index in [4.69, 9.17) is 10.3 Å². The number of aromatic nitrogens is 2. The summed E-state index contributed by atoms with van der Waals surface area (Å²) in [6.45, 7) is 1.52. The van der Waals surface area contributed by atoms with Gasteiger partial charge in [-0.3, -0.25) is 0 Å². The topological polar surface area (TPSA) is 81.5 Å². The molecular formula is C6H9N3O2. The van der Waals surface area contributed by atoms with Crippen molar-refractivity contribution >= 4 is 5.71 Å². The zero-order valence-electron chi connectivity index (χ0n) is 6.07. The van der Waals surface area contributed by atoms with Gasteiger partial charge >= 0.3 is 0 Å². The van der Waals surface area contributed by atoms with Crippen molar-refractivity contribution in [1.29, 1.82) is 0 Å². The maximum Gasteiger partial charge on any atom is 0.155 e. The lowest BCUT2D eigenvalue weighted by Crippen LogP contribution is -1.97. The fraction of sp³-hybridized carbons (Fsp3) is 0.333. The molecule has 0 aliphatic carbocycles. The van der Waals surface area contributed by atoms with Gasteiger partial charge in [0.1, 0.15) is 5.71 Å². The first-order valence-electron chi connectivity index (χ1n) is 3.11. The van der Waals surface area contributed by atoms with Gasteiger partial charge in [-0.25, -0.2) is 4.98 Å². The summed E-state index contributed by atoms with van der Waals surface area (Å²) in [5.74, 6) is 0.469. The van der Waals surface area contributed by atoms with E-state index in [-0.39, 0.29) is 6.61 Å². The molecule has 5 heteroatoms. The Bertz CT molecular complexity index is 267. The highest BCUT2D eigenvalue weighted by Gasteiger charge is 2.01. The van der Waals surface area contributed by atoms with Gasteiger partial charge in [0.05, 0.1) is 18.5 Å². The summed E-state index contributed by atoms with van der Waals surface area (Å²) in [5.41, 5.74) is 0.993. The average Bonchev–Trinajstić information content (AvgIpc) is 2.50. The van der Waals surface area contributed by atoms with E-state index in [0.717, 1.165) is 0 Å². The van der Waals surface area contributed by atoms with Gasteiger partial charge in [-0.15, -0.1) is 0 Å². The summed E-state index contributed by atoms with van der Waals surface area (Å²) in [4.78, 5) is 6.61. The van der Waals surface area contributed by atoms with E-state index in [1.54, 1.807) is 6.92 Å². The van der Waals surface area contributed by atoms with Crippen LogP contribution in [-0.2, 0) is 6.61 Å². The Morgan fingerprint density at radius 1 is 1.82 bits per heavy atom. The predicted molar refractivity (Wildman–Crippen MR) is 38.5 cm³/mol. The van der Waals surface area contributed by atoms with Crippen molar-refractivity contribution in [2.24, 2.45) is 5.16 Å². The Morgan fingerprint density at radius 2 is 2.55 bits per heavy atom. The highest BCUT2D eigenvalue weighted by atomic mass is 16.4. The van der Waals surface area contributed by atoms with Crippen LogP contribution in [0.5, 0.6) is 0 Å². The number of hydrogen-bond acceptors (Lipinski definition) is 4. The minimum absolute atomic E-state index is 0.0916. The van der Waals surface area contributed by atoms with Gasteiger partial charge in [0.25, 0.3) is 0 Å². The molecule has 0 aliphatic rings. The van der Waals surface area contributed by atoms with Crippen molar-refractivity contribution in [2.45, 2.75) is 13.5 Å². The van der Waals surface area contributed by atoms with Crippen LogP contribution in [0.2, 0.25) is 0 Å². The Morgan fingerprint density at radius 3 is 3.00 bits per heavy atom. The van der Waals surface area contributed by atoms with Gasteiger partial charge in [-0.05, 0) is 6.92 Å². The average molecular weight is 155 g/mol. The highest BCUT2D eigenvalue weighted by molar-refractivity contribution is 5.94. The lowest BCUT2D eigenvalue weighted by Gasteiger charge is -1.89. The number of hydrogen-bond donors (Lipinski definition) is 3. The smallest absolute Gasteiger partial charge is 0.155 e. The molecule has 0 fully saturated rings. The molecular weight excluding hydrogens is 146 g/mol. The number of aliphatic hydroxyl groups excluding tert-OH is 1. The van der Waals surface area contributed by atoms with E-state index in [2.05, 4.69) is 15.1 Å². The van der Waals surface area contributed by atoms with Crippen LogP contribution in [0.4, 0.5) is 0 Å². The highest BCUT2D eigenvalue weighted by Crippen LogP contribution is 1.97. The first-order valence-corrected chi connectivity index (χ1v) is 3.11.